The van der Waals surface area contributed by atoms with Crippen LogP contribution in [0.3, 0.4) is 0 Å². The molecule has 0 radical (unpaired) electrons. The molecule has 0 unspecified atom stereocenters. The van der Waals surface area contributed by atoms with Crippen molar-refractivity contribution in [2.45, 2.75) is 25.8 Å². The van der Waals surface area contributed by atoms with Crippen molar-refractivity contribution in [3.8, 4) is 0 Å². The van der Waals surface area contributed by atoms with Crippen LogP contribution in [0.1, 0.15) is 30.6 Å². The van der Waals surface area contributed by atoms with Gasteiger partial charge in [-0.25, -0.2) is 9.18 Å². The molecule has 1 atom stereocenters. The summed E-state index contributed by atoms with van der Waals surface area (Å²) in [6.45, 7) is 2.11. The van der Waals surface area contributed by atoms with E-state index >= 15 is 0 Å². The van der Waals surface area contributed by atoms with Gasteiger partial charge in [0.1, 0.15) is 17.9 Å². The lowest BCUT2D eigenvalue weighted by Crippen LogP contribution is -2.43. The highest BCUT2D eigenvalue weighted by molar-refractivity contribution is 6.08. The normalized spacial score (nSPS) is 20.0. The predicted octanol–water partition coefficient (Wildman–Crippen LogP) is 1.27. The van der Waals surface area contributed by atoms with Crippen molar-refractivity contribution >= 4 is 23.7 Å². The molecule has 2 rings (SSSR count). The van der Waals surface area contributed by atoms with Crippen molar-refractivity contribution in [3.05, 3.63) is 35.6 Å². The lowest BCUT2D eigenvalue weighted by atomic mass is 9.99. The highest BCUT2D eigenvalue weighted by Gasteiger charge is 2.47. The average Bonchev–Trinajstić information content (AvgIpc) is 2.76. The lowest BCUT2D eigenvalue weighted by molar-refractivity contribution is -0.146. The van der Waals surface area contributed by atoms with Crippen molar-refractivity contribution in [1.29, 1.82) is 0 Å². The van der Waals surface area contributed by atoms with E-state index in [0.29, 0.717) is 6.42 Å². The van der Waals surface area contributed by atoms with Gasteiger partial charge in [-0.15, -0.1) is 0 Å². The van der Waals surface area contributed by atoms with E-state index in [1.54, 1.807) is 13.8 Å². The first-order chi connectivity index (χ1) is 11.3. The van der Waals surface area contributed by atoms with Crippen LogP contribution in [-0.4, -0.2) is 47.3 Å². The fourth-order valence-electron chi connectivity index (χ4n) is 2.20. The standard InChI is InChI=1S/C16H17FN2O5/c1-3-16(2)14(22)19(15(23)18-16)8-13(21)24-9-12(20)10-5-4-6-11(17)7-10/h4-7H,3,8-9H2,1-2H3,(H,18,23)/t16-/m0/s1. The first-order valence-corrected chi connectivity index (χ1v) is 7.35. The van der Waals surface area contributed by atoms with Gasteiger partial charge in [0.15, 0.2) is 12.4 Å². The second-order valence-electron chi connectivity index (χ2n) is 5.60. The Labute approximate surface area is 137 Å². The maximum Gasteiger partial charge on any atom is 0.326 e. The molecule has 1 aromatic carbocycles. The third-order valence-corrected chi connectivity index (χ3v) is 3.85. The molecular weight excluding hydrogens is 319 g/mol. The van der Waals surface area contributed by atoms with Gasteiger partial charge in [-0.3, -0.25) is 19.3 Å². The minimum absolute atomic E-state index is 0.0661. The number of carbonyl (C=O) groups is 4. The Morgan fingerprint density at radius 1 is 1.33 bits per heavy atom. The zero-order valence-electron chi connectivity index (χ0n) is 13.3. The van der Waals surface area contributed by atoms with E-state index in [1.807, 2.05) is 0 Å². The molecule has 1 aliphatic rings. The van der Waals surface area contributed by atoms with Crippen LogP contribution in [0.4, 0.5) is 9.18 Å². The number of nitrogens with zero attached hydrogens (tertiary/aromatic N) is 1. The third kappa shape index (κ3) is 3.58. The molecule has 8 heteroatoms. The van der Waals surface area contributed by atoms with Crippen LogP contribution in [0, 0.1) is 5.82 Å². The molecule has 0 aromatic heterocycles. The van der Waals surface area contributed by atoms with Crippen LogP contribution in [0.2, 0.25) is 0 Å². The monoisotopic (exact) mass is 336 g/mol. The van der Waals surface area contributed by atoms with Crippen LogP contribution < -0.4 is 5.32 Å². The second-order valence-corrected chi connectivity index (χ2v) is 5.60. The Morgan fingerprint density at radius 3 is 2.62 bits per heavy atom. The van der Waals surface area contributed by atoms with Crippen molar-refractivity contribution < 1.29 is 28.3 Å². The number of benzene rings is 1. The molecule has 1 saturated heterocycles. The summed E-state index contributed by atoms with van der Waals surface area (Å²) >= 11 is 0. The number of imide groups is 1. The molecule has 0 saturated carbocycles. The smallest absolute Gasteiger partial charge is 0.326 e. The zero-order valence-corrected chi connectivity index (χ0v) is 13.3. The largest absolute Gasteiger partial charge is 0.456 e. The minimum Gasteiger partial charge on any atom is -0.456 e. The molecule has 128 valence electrons. The van der Waals surface area contributed by atoms with Gasteiger partial charge in [-0.2, -0.15) is 0 Å². The molecule has 0 bridgehead atoms. The number of nitrogens with one attached hydrogen (secondary N) is 1. The van der Waals surface area contributed by atoms with E-state index in [2.05, 4.69) is 5.32 Å². The lowest BCUT2D eigenvalue weighted by Gasteiger charge is -2.18. The van der Waals surface area contributed by atoms with Crippen LogP contribution >= 0.6 is 0 Å². The van der Waals surface area contributed by atoms with Gasteiger partial charge in [0.25, 0.3) is 5.91 Å². The Bertz CT molecular complexity index is 705. The number of ether oxygens (including phenoxy) is 1. The van der Waals surface area contributed by atoms with E-state index < -0.39 is 48.2 Å². The van der Waals surface area contributed by atoms with Gasteiger partial charge in [0, 0.05) is 5.56 Å². The molecule has 0 spiro atoms. The van der Waals surface area contributed by atoms with Crippen LogP contribution in [0.25, 0.3) is 0 Å². The van der Waals surface area contributed by atoms with Gasteiger partial charge in [-0.1, -0.05) is 19.1 Å². The van der Waals surface area contributed by atoms with Crippen LogP contribution in [-0.2, 0) is 14.3 Å². The molecule has 1 aliphatic heterocycles. The number of rotatable bonds is 6. The highest BCUT2D eigenvalue weighted by Crippen LogP contribution is 2.20. The summed E-state index contributed by atoms with van der Waals surface area (Å²) in [6.07, 6.45) is 0.376. The number of esters is 1. The molecule has 1 heterocycles. The van der Waals surface area contributed by atoms with E-state index in [-0.39, 0.29) is 5.56 Å². The Hall–Kier alpha value is -2.77. The average molecular weight is 336 g/mol. The van der Waals surface area contributed by atoms with E-state index in [0.717, 1.165) is 11.0 Å². The maximum absolute atomic E-state index is 13.0. The van der Waals surface area contributed by atoms with E-state index in [9.17, 15) is 23.6 Å². The van der Waals surface area contributed by atoms with Crippen LogP contribution in [0.5, 0.6) is 0 Å². The molecule has 1 aromatic rings. The summed E-state index contributed by atoms with van der Waals surface area (Å²) in [4.78, 5) is 48.2. The SMILES string of the molecule is CC[C@]1(C)NC(=O)N(CC(=O)OCC(=O)c2cccc(F)c2)C1=O. The number of halogens is 1. The Kier molecular flexibility index (Phi) is 4.96. The number of carbonyl (C=O) groups excluding carboxylic acids is 4. The van der Waals surface area contributed by atoms with Crippen molar-refractivity contribution in [1.82, 2.24) is 10.2 Å². The molecule has 24 heavy (non-hydrogen) atoms. The van der Waals surface area contributed by atoms with E-state index in [4.69, 9.17) is 4.74 Å². The van der Waals surface area contributed by atoms with Crippen molar-refractivity contribution in [3.63, 3.8) is 0 Å². The quantitative estimate of drug-likeness (QED) is 0.480. The highest BCUT2D eigenvalue weighted by atomic mass is 19.1. The second kappa shape index (κ2) is 6.77. The van der Waals surface area contributed by atoms with Gasteiger partial charge >= 0.3 is 12.0 Å². The molecule has 0 aliphatic carbocycles. The summed E-state index contributed by atoms with van der Waals surface area (Å²) in [5, 5.41) is 2.50. The molecule has 1 fully saturated rings. The Morgan fingerprint density at radius 2 is 2.04 bits per heavy atom. The predicted molar refractivity (Wildman–Crippen MR) is 80.6 cm³/mol. The molecular formula is C16H17FN2O5. The van der Waals surface area contributed by atoms with Gasteiger partial charge in [-0.05, 0) is 25.5 Å². The summed E-state index contributed by atoms with van der Waals surface area (Å²) in [5.74, 6) is -2.59. The first kappa shape index (κ1) is 17.6. The molecule has 7 nitrogen and oxygen atoms in total. The molecule has 3 amide bonds. The van der Waals surface area contributed by atoms with Gasteiger partial charge in [0.05, 0.1) is 0 Å². The third-order valence-electron chi connectivity index (χ3n) is 3.85. The summed E-state index contributed by atoms with van der Waals surface area (Å²) in [6, 6.07) is 4.29. The summed E-state index contributed by atoms with van der Waals surface area (Å²) in [7, 11) is 0. The number of ketones is 1. The number of hydrogen-bond donors (Lipinski definition) is 1. The maximum atomic E-state index is 13.0. The Balaban J connectivity index is 1.91. The minimum atomic E-state index is -1.05. The first-order valence-electron chi connectivity index (χ1n) is 7.35. The number of hydrogen-bond acceptors (Lipinski definition) is 5. The zero-order chi connectivity index (χ0) is 17.9. The fourth-order valence-corrected chi connectivity index (χ4v) is 2.20. The number of amides is 3. The van der Waals surface area contributed by atoms with Gasteiger partial charge in [0.2, 0.25) is 0 Å². The van der Waals surface area contributed by atoms with E-state index in [1.165, 1.54) is 18.2 Å². The van der Waals surface area contributed by atoms with Gasteiger partial charge < -0.3 is 10.1 Å². The number of urea groups is 1. The fraction of sp³-hybridized carbons (Fsp3) is 0.375. The topological polar surface area (TPSA) is 92.8 Å². The summed E-state index contributed by atoms with van der Waals surface area (Å²) < 4.78 is 17.8. The van der Waals surface area contributed by atoms with Crippen molar-refractivity contribution in [2.75, 3.05) is 13.2 Å². The number of Topliss-reactive ketones (excluding diaryl/α,β-unsaturated/α-hetero) is 1. The summed E-state index contributed by atoms with van der Waals surface area (Å²) in [5.41, 5.74) is -0.981. The van der Waals surface area contributed by atoms with Crippen molar-refractivity contribution in [2.24, 2.45) is 0 Å². The van der Waals surface area contributed by atoms with Crippen LogP contribution in [0.15, 0.2) is 24.3 Å². The molecule has 1 N–H and O–H groups in total.